The molecule has 0 radical (unpaired) electrons. The van der Waals surface area contributed by atoms with E-state index in [-0.39, 0.29) is 45.6 Å². The molecule has 1 saturated carbocycles. The molecule has 0 spiro atoms. The van der Waals surface area contributed by atoms with Crippen molar-refractivity contribution in [2.45, 2.75) is 64.8 Å². The van der Waals surface area contributed by atoms with Crippen LogP contribution in [0, 0.1) is 26.7 Å². The lowest BCUT2D eigenvalue weighted by Crippen LogP contribution is -2.32. The van der Waals surface area contributed by atoms with E-state index in [0.29, 0.717) is 17.8 Å². The van der Waals surface area contributed by atoms with Crippen molar-refractivity contribution in [2.24, 2.45) is 5.92 Å². The van der Waals surface area contributed by atoms with Crippen LogP contribution in [0.2, 0.25) is 0 Å². The molecule has 1 amide bonds. The van der Waals surface area contributed by atoms with Crippen molar-refractivity contribution < 1.29 is 27.9 Å². The molecule has 1 atom stereocenters. The van der Waals surface area contributed by atoms with Gasteiger partial charge in [0.1, 0.15) is 10.6 Å². The summed E-state index contributed by atoms with van der Waals surface area (Å²) in [5, 5.41) is 16.8. The third-order valence-corrected chi connectivity index (χ3v) is 8.31. The highest BCUT2D eigenvalue weighted by Crippen LogP contribution is 2.37. The third-order valence-electron chi connectivity index (χ3n) is 6.70. The summed E-state index contributed by atoms with van der Waals surface area (Å²) in [5.74, 6) is -1.41. The molecule has 0 aliphatic heterocycles. The number of hydrogen-bond donors (Lipinski definition) is 3. The molecule has 10 nitrogen and oxygen atoms in total. The number of carboxylic acids is 1. The van der Waals surface area contributed by atoms with Crippen LogP contribution in [-0.4, -0.2) is 41.2 Å². The van der Waals surface area contributed by atoms with E-state index < -0.39 is 16.0 Å². The molecule has 1 heterocycles. The number of carbonyl (C=O) groups excluding carboxylic acids is 1. The summed E-state index contributed by atoms with van der Waals surface area (Å²) < 4.78 is 37.0. The van der Waals surface area contributed by atoms with E-state index in [1.165, 1.54) is 16.8 Å². The van der Waals surface area contributed by atoms with Gasteiger partial charge in [0.2, 0.25) is 21.8 Å². The molecule has 2 aromatic carbocycles. The zero-order valence-corrected chi connectivity index (χ0v) is 22.8. The highest BCUT2D eigenvalue weighted by Gasteiger charge is 2.31. The summed E-state index contributed by atoms with van der Waals surface area (Å²) in [6.07, 6.45) is 2.18. The zero-order valence-electron chi connectivity index (χ0n) is 22.0. The lowest BCUT2D eigenvalue weighted by atomic mass is 10.1. The molecule has 0 saturated heterocycles. The topological polar surface area (TPSA) is 140 Å². The number of nitrogens with one attached hydrogen (secondary N) is 2. The van der Waals surface area contributed by atoms with Gasteiger partial charge in [0.15, 0.2) is 5.69 Å². The molecule has 3 aromatic rings. The molecule has 0 bridgehead atoms. The Morgan fingerprint density at radius 3 is 2.50 bits per heavy atom. The van der Waals surface area contributed by atoms with Gasteiger partial charge in [-0.3, -0.25) is 4.79 Å². The molecule has 1 aromatic heterocycles. The van der Waals surface area contributed by atoms with Crippen molar-refractivity contribution in [3.8, 4) is 17.3 Å². The minimum Gasteiger partial charge on any atom is -0.476 e. The van der Waals surface area contributed by atoms with Crippen LogP contribution in [0.5, 0.6) is 11.6 Å². The number of aromatic carboxylic acids is 1. The minimum atomic E-state index is -4.07. The van der Waals surface area contributed by atoms with Gasteiger partial charge in [0.05, 0.1) is 5.69 Å². The monoisotopic (exact) mass is 540 g/mol. The number of rotatable bonds is 10. The number of nitrogens with zero attached hydrogens (tertiary/aromatic N) is 2. The number of carboxylic acid groups (broad SMARTS) is 1. The summed E-state index contributed by atoms with van der Waals surface area (Å²) in [7, 11) is -4.07. The number of benzene rings is 2. The number of anilines is 1. The van der Waals surface area contributed by atoms with Crippen LogP contribution in [0.15, 0.2) is 41.3 Å². The maximum absolute atomic E-state index is 13.4. The zero-order chi connectivity index (χ0) is 27.8. The van der Waals surface area contributed by atoms with E-state index in [2.05, 4.69) is 15.1 Å². The fourth-order valence-corrected chi connectivity index (χ4v) is 5.40. The molecule has 1 aliphatic rings. The Bertz CT molecular complexity index is 1510. The Labute approximate surface area is 222 Å². The van der Waals surface area contributed by atoms with Crippen molar-refractivity contribution in [1.82, 2.24) is 14.5 Å². The minimum absolute atomic E-state index is 0.0308. The Morgan fingerprint density at radius 2 is 1.87 bits per heavy atom. The first kappa shape index (κ1) is 27.3. The van der Waals surface area contributed by atoms with Crippen molar-refractivity contribution >= 4 is 27.6 Å². The fourth-order valence-electron chi connectivity index (χ4n) is 3.92. The van der Waals surface area contributed by atoms with Gasteiger partial charge >= 0.3 is 5.97 Å². The number of amides is 1. The van der Waals surface area contributed by atoms with E-state index in [9.17, 15) is 23.1 Å². The predicted octanol–water partition coefficient (Wildman–Crippen LogP) is 4.71. The second kappa shape index (κ2) is 10.6. The summed E-state index contributed by atoms with van der Waals surface area (Å²) in [5.41, 5.74) is 2.78. The first-order chi connectivity index (χ1) is 17.9. The average molecular weight is 541 g/mol. The van der Waals surface area contributed by atoms with Gasteiger partial charge in [-0.2, -0.15) is 9.78 Å². The SMILES string of the molecule is CC[C@@H](C)NS(=O)(=O)c1cc(NC(=O)C2CC2)ccc1Oc1c(C)c(C(=O)O)nn1-c1cccc(C)c1C. The van der Waals surface area contributed by atoms with Crippen LogP contribution in [0.25, 0.3) is 5.69 Å². The number of hydrogen-bond acceptors (Lipinski definition) is 6. The highest BCUT2D eigenvalue weighted by molar-refractivity contribution is 7.89. The van der Waals surface area contributed by atoms with Crippen molar-refractivity contribution in [2.75, 3.05) is 5.32 Å². The standard InChI is InChI=1S/C27H32N4O6S/c1-6-16(3)30-38(35,36)23-14-20(28-25(32)19-10-11-19)12-13-22(23)37-26-18(5)24(27(33)34)29-31(26)21-9-7-8-15(2)17(21)4/h7-9,12-14,16,19,30H,6,10-11H2,1-5H3,(H,28,32)(H,33,34)/t16-/m1/s1. The Balaban J connectivity index is 1.85. The predicted molar refractivity (Wildman–Crippen MR) is 143 cm³/mol. The van der Waals surface area contributed by atoms with Crippen molar-refractivity contribution in [3.05, 3.63) is 58.8 Å². The lowest BCUT2D eigenvalue weighted by molar-refractivity contribution is -0.117. The Hall–Kier alpha value is -3.70. The largest absolute Gasteiger partial charge is 0.476 e. The van der Waals surface area contributed by atoms with Crippen LogP contribution in [0.4, 0.5) is 5.69 Å². The molecule has 1 fully saturated rings. The molecule has 3 N–H and O–H groups in total. The Morgan fingerprint density at radius 1 is 1.16 bits per heavy atom. The number of ether oxygens (including phenoxy) is 1. The van der Waals surface area contributed by atoms with Crippen LogP contribution in [0.3, 0.4) is 0 Å². The first-order valence-electron chi connectivity index (χ1n) is 12.5. The van der Waals surface area contributed by atoms with E-state index >= 15 is 0 Å². The third kappa shape index (κ3) is 5.58. The second-order valence-corrected chi connectivity index (χ2v) is 11.4. The van der Waals surface area contributed by atoms with Gasteiger partial charge in [-0.05, 0) is 82.3 Å². The van der Waals surface area contributed by atoms with Gasteiger partial charge in [-0.1, -0.05) is 19.1 Å². The second-order valence-electron chi connectivity index (χ2n) is 9.67. The number of aryl methyl sites for hydroxylation is 1. The van der Waals surface area contributed by atoms with Crippen molar-refractivity contribution in [3.63, 3.8) is 0 Å². The van der Waals surface area contributed by atoms with Gasteiger partial charge in [0.25, 0.3) is 0 Å². The van der Waals surface area contributed by atoms with Gasteiger partial charge in [0, 0.05) is 23.2 Å². The van der Waals surface area contributed by atoms with Crippen molar-refractivity contribution in [1.29, 1.82) is 0 Å². The summed E-state index contributed by atoms with van der Waals surface area (Å²) >= 11 is 0. The van der Waals surface area contributed by atoms with Crippen LogP contribution < -0.4 is 14.8 Å². The maximum Gasteiger partial charge on any atom is 0.356 e. The van der Waals surface area contributed by atoms with Crippen LogP contribution in [0.1, 0.15) is 60.3 Å². The van der Waals surface area contributed by atoms with E-state index in [1.54, 1.807) is 26.0 Å². The molecular formula is C27H32N4O6S. The fraction of sp³-hybridized carbons (Fsp3) is 0.370. The summed E-state index contributed by atoms with van der Waals surface area (Å²) in [6.45, 7) is 8.97. The molecule has 38 heavy (non-hydrogen) atoms. The number of carbonyl (C=O) groups is 2. The Kier molecular flexibility index (Phi) is 7.61. The molecule has 202 valence electrons. The summed E-state index contributed by atoms with van der Waals surface area (Å²) in [6, 6.07) is 9.55. The highest BCUT2D eigenvalue weighted by atomic mass is 32.2. The van der Waals surface area contributed by atoms with Gasteiger partial charge in [-0.15, -0.1) is 0 Å². The number of sulfonamides is 1. The van der Waals surface area contributed by atoms with Crippen LogP contribution in [-0.2, 0) is 14.8 Å². The van der Waals surface area contributed by atoms with E-state index in [0.717, 1.165) is 24.0 Å². The molecule has 4 rings (SSSR count). The quantitative estimate of drug-likeness (QED) is 0.338. The normalized spacial score (nSPS) is 14.2. The molecule has 0 unspecified atom stereocenters. The smallest absolute Gasteiger partial charge is 0.356 e. The van der Waals surface area contributed by atoms with Gasteiger partial charge < -0.3 is 15.2 Å². The van der Waals surface area contributed by atoms with E-state index in [4.69, 9.17) is 4.74 Å². The lowest BCUT2D eigenvalue weighted by Gasteiger charge is -2.18. The van der Waals surface area contributed by atoms with Gasteiger partial charge in [-0.25, -0.2) is 17.9 Å². The molecule has 11 heteroatoms. The average Bonchev–Trinajstić information content (AvgIpc) is 3.66. The molecule has 1 aliphatic carbocycles. The molecular weight excluding hydrogens is 508 g/mol. The maximum atomic E-state index is 13.4. The summed E-state index contributed by atoms with van der Waals surface area (Å²) in [4.78, 5) is 24.1. The van der Waals surface area contributed by atoms with Crippen LogP contribution >= 0.6 is 0 Å². The first-order valence-corrected chi connectivity index (χ1v) is 14.0. The van der Waals surface area contributed by atoms with E-state index in [1.807, 2.05) is 32.9 Å². The number of aromatic nitrogens is 2.